The molecule has 0 radical (unpaired) electrons. The van der Waals surface area contributed by atoms with Crippen molar-refractivity contribution >= 4 is 24.0 Å². The molecule has 0 amide bonds. The topological polar surface area (TPSA) is 26.0 Å². The first kappa shape index (κ1) is 11.7. The molecule has 0 aliphatic heterocycles. The van der Waals surface area contributed by atoms with Crippen molar-refractivity contribution in [2.24, 2.45) is 5.73 Å². The van der Waals surface area contributed by atoms with Crippen molar-refractivity contribution in [1.29, 1.82) is 0 Å². The van der Waals surface area contributed by atoms with Gasteiger partial charge in [0.2, 0.25) is 0 Å². The molecule has 0 saturated carbocycles. The van der Waals surface area contributed by atoms with Gasteiger partial charge >= 0.3 is 0 Å². The average Bonchev–Trinajstić information content (AvgIpc) is 1.98. The highest BCUT2D eigenvalue weighted by atomic mass is 35.5. The van der Waals surface area contributed by atoms with E-state index in [4.69, 9.17) is 17.3 Å². The monoisotopic (exact) mass is 209 g/mol. The first-order valence-electron chi connectivity index (χ1n) is 3.38. The molecule has 0 fully saturated rings. The van der Waals surface area contributed by atoms with Crippen molar-refractivity contribution in [3.05, 3.63) is 34.6 Å². The van der Waals surface area contributed by atoms with Gasteiger partial charge in [-0.3, -0.25) is 0 Å². The Morgan fingerprint density at radius 1 is 1.42 bits per heavy atom. The summed E-state index contributed by atoms with van der Waals surface area (Å²) in [5.74, 6) is -0.266. The number of halogens is 3. The van der Waals surface area contributed by atoms with E-state index in [0.717, 1.165) is 5.56 Å². The standard InChI is InChI=1S/C8H9ClFN.ClH/c9-8-2-1-7(10)5-6(8)3-4-11;/h1-2,5H,3-4,11H2;1H. The van der Waals surface area contributed by atoms with Gasteiger partial charge in [-0.2, -0.15) is 0 Å². The molecule has 0 aliphatic rings. The zero-order chi connectivity index (χ0) is 8.27. The second-order valence-corrected chi connectivity index (χ2v) is 2.68. The molecule has 0 aliphatic carbocycles. The lowest BCUT2D eigenvalue weighted by Gasteiger charge is -2.00. The van der Waals surface area contributed by atoms with Crippen LogP contribution in [0.3, 0.4) is 0 Å². The molecular formula is C8H10Cl2FN. The quantitative estimate of drug-likeness (QED) is 0.796. The van der Waals surface area contributed by atoms with E-state index in [1.54, 1.807) is 6.07 Å². The predicted molar refractivity (Wildman–Crippen MR) is 51.4 cm³/mol. The van der Waals surface area contributed by atoms with Crippen LogP contribution in [0.15, 0.2) is 18.2 Å². The Morgan fingerprint density at radius 2 is 2.08 bits per heavy atom. The van der Waals surface area contributed by atoms with Crippen LogP contribution in [0.5, 0.6) is 0 Å². The number of rotatable bonds is 2. The number of hydrogen-bond acceptors (Lipinski definition) is 1. The van der Waals surface area contributed by atoms with Crippen molar-refractivity contribution in [1.82, 2.24) is 0 Å². The van der Waals surface area contributed by atoms with E-state index in [-0.39, 0.29) is 18.2 Å². The van der Waals surface area contributed by atoms with E-state index in [2.05, 4.69) is 0 Å². The van der Waals surface area contributed by atoms with E-state index < -0.39 is 0 Å². The summed E-state index contributed by atoms with van der Waals surface area (Å²) in [5.41, 5.74) is 6.07. The third kappa shape index (κ3) is 2.97. The van der Waals surface area contributed by atoms with Gasteiger partial charge in [-0.15, -0.1) is 12.4 Å². The zero-order valence-corrected chi connectivity index (χ0v) is 7.96. The minimum absolute atomic E-state index is 0. The fraction of sp³-hybridized carbons (Fsp3) is 0.250. The number of hydrogen-bond donors (Lipinski definition) is 1. The summed E-state index contributed by atoms with van der Waals surface area (Å²) in [7, 11) is 0. The van der Waals surface area contributed by atoms with Gasteiger partial charge < -0.3 is 5.73 Å². The molecule has 0 aromatic heterocycles. The van der Waals surface area contributed by atoms with Crippen LogP contribution in [-0.4, -0.2) is 6.54 Å². The summed E-state index contributed by atoms with van der Waals surface area (Å²) in [6.07, 6.45) is 0.622. The Morgan fingerprint density at radius 3 is 2.67 bits per heavy atom. The van der Waals surface area contributed by atoms with Crippen LogP contribution in [0.4, 0.5) is 4.39 Å². The minimum atomic E-state index is -0.266. The average molecular weight is 210 g/mol. The highest BCUT2D eigenvalue weighted by Gasteiger charge is 1.99. The Kier molecular flexibility index (Phi) is 5.22. The zero-order valence-electron chi connectivity index (χ0n) is 6.39. The van der Waals surface area contributed by atoms with Crippen molar-refractivity contribution in [3.8, 4) is 0 Å². The number of nitrogens with two attached hydrogens (primary N) is 1. The lowest BCUT2D eigenvalue weighted by atomic mass is 10.1. The van der Waals surface area contributed by atoms with Gasteiger partial charge in [0, 0.05) is 5.02 Å². The highest BCUT2D eigenvalue weighted by molar-refractivity contribution is 6.31. The Hall–Kier alpha value is -0.310. The summed E-state index contributed by atoms with van der Waals surface area (Å²) in [5, 5.41) is 0.580. The molecule has 12 heavy (non-hydrogen) atoms. The van der Waals surface area contributed by atoms with Gasteiger partial charge in [-0.1, -0.05) is 11.6 Å². The molecule has 1 aromatic carbocycles. The molecule has 0 saturated heterocycles. The lowest BCUT2D eigenvalue weighted by molar-refractivity contribution is 0.625. The SMILES string of the molecule is Cl.NCCc1cc(F)ccc1Cl. The normalized spacial score (nSPS) is 9.25. The fourth-order valence-electron chi connectivity index (χ4n) is 0.890. The van der Waals surface area contributed by atoms with Gasteiger partial charge in [-0.25, -0.2) is 4.39 Å². The smallest absolute Gasteiger partial charge is 0.123 e. The summed E-state index contributed by atoms with van der Waals surface area (Å²) in [4.78, 5) is 0. The molecule has 0 heterocycles. The highest BCUT2D eigenvalue weighted by Crippen LogP contribution is 2.16. The first-order chi connectivity index (χ1) is 5.24. The molecular weight excluding hydrogens is 200 g/mol. The van der Waals surface area contributed by atoms with Crippen LogP contribution in [0.25, 0.3) is 0 Å². The molecule has 4 heteroatoms. The van der Waals surface area contributed by atoms with Crippen LogP contribution in [0, 0.1) is 5.82 Å². The Bertz CT molecular complexity index is 253. The molecule has 0 bridgehead atoms. The largest absolute Gasteiger partial charge is 0.330 e. The summed E-state index contributed by atoms with van der Waals surface area (Å²) in [6.45, 7) is 0.489. The van der Waals surface area contributed by atoms with E-state index >= 15 is 0 Å². The third-order valence-corrected chi connectivity index (χ3v) is 1.79. The molecule has 68 valence electrons. The van der Waals surface area contributed by atoms with E-state index in [1.165, 1.54) is 12.1 Å². The van der Waals surface area contributed by atoms with Crippen LogP contribution in [-0.2, 0) is 6.42 Å². The van der Waals surface area contributed by atoms with Crippen molar-refractivity contribution in [2.45, 2.75) is 6.42 Å². The Labute approximate surface area is 82.1 Å². The summed E-state index contributed by atoms with van der Waals surface area (Å²) in [6, 6.07) is 4.29. The minimum Gasteiger partial charge on any atom is -0.330 e. The van der Waals surface area contributed by atoms with E-state index in [1.807, 2.05) is 0 Å². The molecule has 1 nitrogen and oxygen atoms in total. The van der Waals surface area contributed by atoms with Gasteiger partial charge in [0.1, 0.15) is 5.82 Å². The summed E-state index contributed by atoms with van der Waals surface area (Å²) < 4.78 is 12.6. The van der Waals surface area contributed by atoms with E-state index in [9.17, 15) is 4.39 Å². The van der Waals surface area contributed by atoms with Gasteiger partial charge in [-0.05, 0) is 36.7 Å². The van der Waals surface area contributed by atoms with Crippen LogP contribution >= 0.6 is 24.0 Å². The summed E-state index contributed by atoms with van der Waals surface area (Å²) >= 11 is 5.75. The third-order valence-electron chi connectivity index (χ3n) is 1.42. The second kappa shape index (κ2) is 5.36. The van der Waals surface area contributed by atoms with Crippen LogP contribution < -0.4 is 5.73 Å². The van der Waals surface area contributed by atoms with Gasteiger partial charge in [0.05, 0.1) is 0 Å². The second-order valence-electron chi connectivity index (χ2n) is 2.27. The number of benzene rings is 1. The molecule has 1 rings (SSSR count). The molecule has 0 spiro atoms. The first-order valence-corrected chi connectivity index (χ1v) is 3.76. The molecule has 2 N–H and O–H groups in total. The maximum atomic E-state index is 12.6. The molecule has 1 aromatic rings. The molecule has 0 unspecified atom stereocenters. The van der Waals surface area contributed by atoms with Gasteiger partial charge in [0.15, 0.2) is 0 Å². The fourth-order valence-corrected chi connectivity index (χ4v) is 1.10. The van der Waals surface area contributed by atoms with Gasteiger partial charge in [0.25, 0.3) is 0 Å². The lowest BCUT2D eigenvalue weighted by Crippen LogP contribution is -2.03. The van der Waals surface area contributed by atoms with Crippen molar-refractivity contribution in [2.75, 3.05) is 6.54 Å². The Balaban J connectivity index is 0.00000121. The predicted octanol–water partition coefficient (Wildman–Crippen LogP) is 2.40. The van der Waals surface area contributed by atoms with Crippen LogP contribution in [0.1, 0.15) is 5.56 Å². The van der Waals surface area contributed by atoms with E-state index in [0.29, 0.717) is 18.0 Å². The maximum absolute atomic E-state index is 12.6. The van der Waals surface area contributed by atoms with Crippen molar-refractivity contribution in [3.63, 3.8) is 0 Å². The maximum Gasteiger partial charge on any atom is 0.123 e. The van der Waals surface area contributed by atoms with Crippen molar-refractivity contribution < 1.29 is 4.39 Å². The molecule has 0 atom stereocenters. The van der Waals surface area contributed by atoms with Crippen LogP contribution in [0.2, 0.25) is 5.02 Å².